The first kappa shape index (κ1) is 45.1. The van der Waals surface area contributed by atoms with Gasteiger partial charge in [0.15, 0.2) is 0 Å². The number of carbonyl (C=O) groups excluding carboxylic acids is 3. The van der Waals surface area contributed by atoms with Gasteiger partial charge in [-0.25, -0.2) is 4.79 Å². The van der Waals surface area contributed by atoms with Crippen molar-refractivity contribution in [2.75, 3.05) is 45.7 Å². The third-order valence-electron chi connectivity index (χ3n) is 11.0. The van der Waals surface area contributed by atoms with E-state index in [1.165, 1.54) is 12.1 Å². The first-order chi connectivity index (χ1) is 28.6. The molecule has 4 aromatic carbocycles. The zero-order chi connectivity index (χ0) is 41.7. The topological polar surface area (TPSA) is 162 Å². The van der Waals surface area contributed by atoms with E-state index in [1.807, 2.05) is 72.8 Å². The fourth-order valence-corrected chi connectivity index (χ4v) is 7.70. The van der Waals surface area contributed by atoms with E-state index < -0.39 is 12.2 Å². The van der Waals surface area contributed by atoms with E-state index in [0.29, 0.717) is 92.4 Å². The highest BCUT2D eigenvalue weighted by atomic mass is 16.6. The molecule has 2 amide bonds. The highest BCUT2D eigenvalue weighted by molar-refractivity contribution is 5.91. The van der Waals surface area contributed by atoms with Crippen LogP contribution in [0.5, 0.6) is 11.5 Å². The summed E-state index contributed by atoms with van der Waals surface area (Å²) >= 11 is 0. The molecule has 1 fully saturated rings. The SMILES string of the molecule is C.COc1cc(CC(=O)CCCN(C)C(=O)CCN2CCC(OC(=O)Nc3ccccc3-c3ccccc3)CC2)ccc1CCC[C@H](O)c1ccc(O)c2[nH]c(=O)ccc12. The molecule has 1 aliphatic heterocycles. The first-order valence-corrected chi connectivity index (χ1v) is 20.4. The number of nitrogens with one attached hydrogen (secondary N) is 2. The van der Waals surface area contributed by atoms with Gasteiger partial charge in [-0.15, -0.1) is 0 Å². The number of ketones is 1. The third kappa shape index (κ3) is 12.3. The minimum Gasteiger partial charge on any atom is -0.506 e. The molecule has 1 aliphatic rings. The van der Waals surface area contributed by atoms with Crippen LogP contribution < -0.4 is 15.6 Å². The largest absolute Gasteiger partial charge is 0.506 e. The molecular formula is C48H58N4O8. The molecule has 1 atom stereocenters. The zero-order valence-electron chi connectivity index (χ0n) is 33.8. The number of phenolic OH excluding ortho intramolecular Hbond substituents is 1. The number of aromatic hydroxyl groups is 1. The number of benzene rings is 4. The van der Waals surface area contributed by atoms with Gasteiger partial charge >= 0.3 is 6.09 Å². The van der Waals surface area contributed by atoms with Gasteiger partial charge in [0.2, 0.25) is 11.5 Å². The monoisotopic (exact) mass is 818 g/mol. The maximum Gasteiger partial charge on any atom is 0.411 e. The lowest BCUT2D eigenvalue weighted by Gasteiger charge is -2.31. The number of amides is 2. The molecule has 0 bridgehead atoms. The second-order valence-corrected chi connectivity index (χ2v) is 15.2. The van der Waals surface area contributed by atoms with Crippen LogP contribution in [0.25, 0.3) is 22.0 Å². The molecule has 5 aromatic rings. The maximum absolute atomic E-state index is 12.9. The average molecular weight is 819 g/mol. The lowest BCUT2D eigenvalue weighted by molar-refractivity contribution is -0.130. The summed E-state index contributed by atoms with van der Waals surface area (Å²) in [7, 11) is 3.38. The van der Waals surface area contributed by atoms with Crippen LogP contribution >= 0.6 is 0 Å². The number of para-hydroxylation sites is 1. The van der Waals surface area contributed by atoms with E-state index in [0.717, 1.165) is 35.3 Å². The Morgan fingerprint density at radius 3 is 2.45 bits per heavy atom. The van der Waals surface area contributed by atoms with E-state index >= 15 is 0 Å². The Labute approximate surface area is 352 Å². The molecule has 6 rings (SSSR count). The molecule has 0 unspecified atom stereocenters. The Morgan fingerprint density at radius 1 is 0.933 bits per heavy atom. The number of hydrogen-bond acceptors (Lipinski definition) is 9. The Hall–Kier alpha value is -5.98. The van der Waals surface area contributed by atoms with Crippen LogP contribution in [0.3, 0.4) is 0 Å². The molecule has 0 spiro atoms. The number of piperidine rings is 1. The summed E-state index contributed by atoms with van der Waals surface area (Å²) < 4.78 is 11.4. The van der Waals surface area contributed by atoms with Crippen molar-refractivity contribution in [1.29, 1.82) is 0 Å². The standard InChI is InChI=1S/C47H54N4O8.CH4/c1-50(45(56)25-29-51-27-23-36(24-28-51)59-47(57)48-40-15-7-6-14-37(40)33-10-4-3-5-11-33)26-9-13-35(52)30-32-17-18-34(43(31-32)58-2)12-8-16-41(53)38-19-21-42(54)46-39(38)20-22-44(55)49-46;/h3-7,10-11,14-15,17-22,31,36,41,53-54H,8-9,12-13,16,23-30H2,1-2H3,(H,48,57)(H,49,55);1H4/t41-;/m0./s1. The van der Waals surface area contributed by atoms with Crippen molar-refractivity contribution in [2.24, 2.45) is 0 Å². The number of H-pyrrole nitrogens is 1. The second-order valence-electron chi connectivity index (χ2n) is 15.2. The van der Waals surface area contributed by atoms with Gasteiger partial charge in [0.1, 0.15) is 23.4 Å². The fraction of sp³-hybridized carbons (Fsp3) is 0.375. The highest BCUT2D eigenvalue weighted by Gasteiger charge is 2.24. The minimum absolute atomic E-state index is 0. The number of ether oxygens (including phenoxy) is 2. The van der Waals surface area contributed by atoms with E-state index in [1.54, 1.807) is 31.2 Å². The van der Waals surface area contributed by atoms with Gasteiger partial charge in [-0.1, -0.05) is 74.2 Å². The quantitative estimate of drug-likeness (QED) is 0.0686. The van der Waals surface area contributed by atoms with E-state index in [9.17, 15) is 29.4 Å². The number of aromatic amines is 1. The molecule has 12 nitrogen and oxygen atoms in total. The smallest absolute Gasteiger partial charge is 0.411 e. The van der Waals surface area contributed by atoms with Crippen molar-refractivity contribution < 1.29 is 34.1 Å². The first-order valence-electron chi connectivity index (χ1n) is 20.4. The number of aromatic nitrogens is 1. The molecular weight excluding hydrogens is 761 g/mol. The predicted octanol–water partition coefficient (Wildman–Crippen LogP) is 8.06. The summed E-state index contributed by atoms with van der Waals surface area (Å²) in [6.45, 7) is 2.60. The number of fused-ring (bicyclic) bond motifs is 1. The van der Waals surface area contributed by atoms with Crippen molar-refractivity contribution in [2.45, 2.75) is 77.4 Å². The normalized spacial score (nSPS) is 13.6. The van der Waals surface area contributed by atoms with Crippen LogP contribution in [0.4, 0.5) is 10.5 Å². The van der Waals surface area contributed by atoms with Gasteiger partial charge in [0.05, 0.1) is 24.4 Å². The molecule has 1 aromatic heterocycles. The zero-order valence-corrected chi connectivity index (χ0v) is 33.8. The molecule has 2 heterocycles. The van der Waals surface area contributed by atoms with E-state index in [4.69, 9.17) is 9.47 Å². The number of anilines is 1. The lowest BCUT2D eigenvalue weighted by atomic mass is 9.96. The molecule has 0 aliphatic carbocycles. The van der Waals surface area contributed by atoms with Gasteiger partial charge in [0.25, 0.3) is 0 Å². The fourth-order valence-electron chi connectivity index (χ4n) is 7.70. The van der Waals surface area contributed by atoms with Gasteiger partial charge in [-0.05, 0) is 85.0 Å². The summed E-state index contributed by atoms with van der Waals surface area (Å²) in [5, 5.41) is 24.6. The van der Waals surface area contributed by atoms with Gasteiger partial charge in [-0.2, -0.15) is 0 Å². The van der Waals surface area contributed by atoms with Gasteiger partial charge in [-0.3, -0.25) is 19.7 Å². The highest BCUT2D eigenvalue weighted by Crippen LogP contribution is 2.32. The number of carbonyl (C=O) groups is 3. The summed E-state index contributed by atoms with van der Waals surface area (Å²) in [4.78, 5) is 56.9. The number of hydrogen-bond donors (Lipinski definition) is 4. The van der Waals surface area contributed by atoms with Gasteiger partial charge < -0.3 is 34.5 Å². The number of nitrogens with zero attached hydrogens (tertiary/aromatic N) is 2. The van der Waals surface area contributed by atoms with E-state index in [2.05, 4.69) is 15.2 Å². The number of aliphatic hydroxyl groups is 1. The molecule has 1 saturated heterocycles. The lowest BCUT2D eigenvalue weighted by Crippen LogP contribution is -2.40. The number of aryl methyl sites for hydroxylation is 1. The number of likely N-dealkylation sites (tertiary alicyclic amines) is 1. The number of Topliss-reactive ketones (excluding diaryl/α,β-unsaturated/α-hetero) is 1. The number of pyridine rings is 1. The summed E-state index contributed by atoms with van der Waals surface area (Å²) in [5.41, 5.74) is 5.08. The Bertz CT molecular complexity index is 2270. The van der Waals surface area contributed by atoms with Crippen molar-refractivity contribution in [3.05, 3.63) is 124 Å². The second kappa shape index (κ2) is 21.9. The number of aliphatic hydroxyl groups excluding tert-OH is 1. The third-order valence-corrected chi connectivity index (χ3v) is 11.0. The van der Waals surface area contributed by atoms with Crippen LogP contribution in [0.1, 0.15) is 75.2 Å². The molecule has 318 valence electrons. The van der Waals surface area contributed by atoms with Crippen molar-refractivity contribution >= 4 is 34.4 Å². The number of phenols is 1. The van der Waals surface area contributed by atoms with Crippen LogP contribution in [-0.4, -0.2) is 89.2 Å². The molecule has 4 N–H and O–H groups in total. The summed E-state index contributed by atoms with van der Waals surface area (Å²) in [6, 6.07) is 29.5. The van der Waals surface area contributed by atoms with Crippen LogP contribution in [0.2, 0.25) is 0 Å². The Kier molecular flexibility index (Phi) is 16.4. The molecule has 0 radical (unpaired) electrons. The van der Waals surface area contributed by atoms with Crippen molar-refractivity contribution in [3.8, 4) is 22.6 Å². The van der Waals surface area contributed by atoms with Crippen molar-refractivity contribution in [1.82, 2.24) is 14.8 Å². The average Bonchev–Trinajstić information content (AvgIpc) is 3.24. The Balaban J connectivity index is 0.00000683. The van der Waals surface area contributed by atoms with Crippen LogP contribution in [0, 0.1) is 0 Å². The van der Waals surface area contributed by atoms with E-state index in [-0.39, 0.29) is 43.0 Å². The predicted molar refractivity (Wildman–Crippen MR) is 235 cm³/mol. The molecule has 12 heteroatoms. The van der Waals surface area contributed by atoms with Crippen molar-refractivity contribution in [3.63, 3.8) is 0 Å². The van der Waals surface area contributed by atoms with Gasteiger partial charge in [0, 0.05) is 69.5 Å². The minimum atomic E-state index is -0.789. The summed E-state index contributed by atoms with van der Waals surface area (Å²) in [5.74, 6) is 0.762. The van der Waals surface area contributed by atoms with Crippen LogP contribution in [-0.2, 0) is 27.2 Å². The Morgan fingerprint density at radius 2 is 1.68 bits per heavy atom. The number of rotatable bonds is 18. The summed E-state index contributed by atoms with van der Waals surface area (Å²) in [6.07, 6.45) is 3.31. The maximum atomic E-state index is 12.9. The number of methoxy groups -OCH3 is 1. The molecule has 60 heavy (non-hydrogen) atoms. The van der Waals surface area contributed by atoms with Crippen LogP contribution in [0.15, 0.2) is 102 Å². The molecule has 0 saturated carbocycles.